The molecule has 0 saturated heterocycles. The van der Waals surface area contributed by atoms with Crippen molar-refractivity contribution in [2.75, 3.05) is 19.6 Å². The van der Waals surface area contributed by atoms with Crippen LogP contribution in [0.15, 0.2) is 58.0 Å². The Kier molecular flexibility index (Phi) is 5.39. The molecule has 0 bridgehead atoms. The normalized spacial score (nSPS) is 17.3. The summed E-state index contributed by atoms with van der Waals surface area (Å²) in [5.41, 5.74) is 1.96. The SMILES string of the molecule is CC(C)(CN=O)C(=O)CN1C(=O)CN=C(c2ccccn2)C2=CCCC=C21. The van der Waals surface area contributed by atoms with Crippen LogP contribution in [0.3, 0.4) is 0 Å². The van der Waals surface area contributed by atoms with Crippen molar-refractivity contribution in [3.63, 3.8) is 0 Å². The molecule has 7 nitrogen and oxygen atoms in total. The van der Waals surface area contributed by atoms with Crippen LogP contribution in [0.1, 0.15) is 32.4 Å². The lowest BCUT2D eigenvalue weighted by Gasteiger charge is -2.29. The molecule has 1 amide bonds. The van der Waals surface area contributed by atoms with Gasteiger partial charge in [-0.15, -0.1) is 0 Å². The van der Waals surface area contributed by atoms with E-state index in [1.165, 1.54) is 4.90 Å². The van der Waals surface area contributed by atoms with E-state index in [1.54, 1.807) is 20.0 Å². The van der Waals surface area contributed by atoms with E-state index in [4.69, 9.17) is 0 Å². The first-order valence-corrected chi connectivity index (χ1v) is 8.94. The van der Waals surface area contributed by atoms with Crippen LogP contribution < -0.4 is 0 Å². The first-order valence-electron chi connectivity index (χ1n) is 8.94. The summed E-state index contributed by atoms with van der Waals surface area (Å²) in [6.45, 7) is 3.06. The van der Waals surface area contributed by atoms with Gasteiger partial charge in [-0.1, -0.05) is 37.2 Å². The van der Waals surface area contributed by atoms with Gasteiger partial charge in [0.05, 0.1) is 24.5 Å². The molecule has 1 aliphatic heterocycles. The molecular weight excluding hydrogens is 344 g/mol. The number of carbonyl (C=O) groups excluding carboxylic acids is 2. The van der Waals surface area contributed by atoms with Gasteiger partial charge in [0.1, 0.15) is 6.54 Å². The zero-order chi connectivity index (χ0) is 19.4. The molecule has 0 N–H and O–H groups in total. The molecule has 1 aromatic rings. The summed E-state index contributed by atoms with van der Waals surface area (Å²) < 4.78 is 0. The van der Waals surface area contributed by atoms with Crippen LogP contribution in [-0.4, -0.2) is 46.9 Å². The van der Waals surface area contributed by atoms with Crippen molar-refractivity contribution in [3.05, 3.63) is 58.4 Å². The summed E-state index contributed by atoms with van der Waals surface area (Å²) in [6.07, 6.45) is 7.31. The number of nitroso groups, excluding NO2 is 1. The van der Waals surface area contributed by atoms with Gasteiger partial charge >= 0.3 is 0 Å². The summed E-state index contributed by atoms with van der Waals surface area (Å²) in [6, 6.07) is 5.56. The second-order valence-corrected chi connectivity index (χ2v) is 7.24. The third kappa shape index (κ3) is 3.92. The van der Waals surface area contributed by atoms with E-state index in [1.807, 2.05) is 30.4 Å². The Bertz CT molecular complexity index is 853. The molecule has 3 rings (SSSR count). The van der Waals surface area contributed by atoms with Gasteiger partial charge < -0.3 is 4.90 Å². The second-order valence-electron chi connectivity index (χ2n) is 7.24. The van der Waals surface area contributed by atoms with Gasteiger partial charge in [-0.3, -0.25) is 19.6 Å². The average Bonchev–Trinajstić information content (AvgIpc) is 2.80. The number of carbonyl (C=O) groups is 2. The van der Waals surface area contributed by atoms with E-state index in [-0.39, 0.29) is 31.3 Å². The van der Waals surface area contributed by atoms with Gasteiger partial charge in [0, 0.05) is 22.9 Å². The van der Waals surface area contributed by atoms with Crippen LogP contribution in [0.4, 0.5) is 0 Å². The van der Waals surface area contributed by atoms with Crippen molar-refractivity contribution < 1.29 is 9.59 Å². The standard InChI is InChI=1S/C20H22N4O3/c1-20(2,13-23-27)17(25)12-24-16-9-4-3-7-14(16)19(22-11-18(24)26)15-8-5-6-10-21-15/h5-10H,3-4,11-13H2,1-2H3. The number of allylic oxidation sites excluding steroid dienone is 3. The molecular formula is C20H22N4O3. The lowest BCUT2D eigenvalue weighted by molar-refractivity contribution is -0.135. The highest BCUT2D eigenvalue weighted by Gasteiger charge is 2.35. The van der Waals surface area contributed by atoms with E-state index in [0.717, 1.165) is 18.4 Å². The van der Waals surface area contributed by atoms with Crippen LogP contribution >= 0.6 is 0 Å². The van der Waals surface area contributed by atoms with Crippen LogP contribution in [0, 0.1) is 10.3 Å². The number of Topliss-reactive ketones (excluding diaryl/α,β-unsaturated/α-hetero) is 1. The van der Waals surface area contributed by atoms with Gasteiger partial charge in [-0.05, 0) is 25.0 Å². The number of aromatic nitrogens is 1. The van der Waals surface area contributed by atoms with Gasteiger partial charge in [0.2, 0.25) is 5.91 Å². The predicted molar refractivity (Wildman–Crippen MR) is 102 cm³/mol. The van der Waals surface area contributed by atoms with Crippen LogP contribution in [0.25, 0.3) is 0 Å². The number of aliphatic imine (C=N–C) groups is 1. The second kappa shape index (κ2) is 7.73. The summed E-state index contributed by atoms with van der Waals surface area (Å²) in [5.74, 6) is -0.453. The van der Waals surface area contributed by atoms with Crippen molar-refractivity contribution in [3.8, 4) is 0 Å². The number of nitrogens with zero attached hydrogens (tertiary/aromatic N) is 4. The number of rotatable bonds is 6. The topological polar surface area (TPSA) is 92.1 Å². The quantitative estimate of drug-likeness (QED) is 0.724. The number of ketones is 1. The van der Waals surface area contributed by atoms with Crippen LogP contribution in [0.2, 0.25) is 0 Å². The zero-order valence-electron chi connectivity index (χ0n) is 15.5. The molecule has 7 heteroatoms. The van der Waals surface area contributed by atoms with Crippen molar-refractivity contribution >= 4 is 17.4 Å². The highest BCUT2D eigenvalue weighted by molar-refractivity contribution is 6.16. The highest BCUT2D eigenvalue weighted by Crippen LogP contribution is 2.29. The Morgan fingerprint density at radius 3 is 2.74 bits per heavy atom. The first kappa shape index (κ1) is 18.8. The minimum Gasteiger partial charge on any atom is -0.303 e. The van der Waals surface area contributed by atoms with Gasteiger partial charge in [0.15, 0.2) is 5.78 Å². The molecule has 0 aromatic carbocycles. The molecule has 0 radical (unpaired) electrons. The van der Waals surface area contributed by atoms with Crippen molar-refractivity contribution in [2.45, 2.75) is 26.7 Å². The molecule has 1 aliphatic carbocycles. The zero-order valence-corrected chi connectivity index (χ0v) is 15.5. The van der Waals surface area contributed by atoms with E-state index >= 15 is 0 Å². The number of hydrogen-bond donors (Lipinski definition) is 0. The monoisotopic (exact) mass is 366 g/mol. The molecule has 0 saturated carbocycles. The van der Waals surface area contributed by atoms with E-state index in [2.05, 4.69) is 15.2 Å². The van der Waals surface area contributed by atoms with E-state index < -0.39 is 5.41 Å². The van der Waals surface area contributed by atoms with Crippen LogP contribution in [0.5, 0.6) is 0 Å². The largest absolute Gasteiger partial charge is 0.303 e. The minimum absolute atomic E-state index is 0.0553. The minimum atomic E-state index is -0.919. The Labute approximate surface area is 157 Å². The molecule has 0 atom stereocenters. The van der Waals surface area contributed by atoms with Gasteiger partial charge in [-0.2, -0.15) is 4.91 Å². The summed E-state index contributed by atoms with van der Waals surface area (Å²) >= 11 is 0. The van der Waals surface area contributed by atoms with E-state index in [9.17, 15) is 14.5 Å². The van der Waals surface area contributed by atoms with E-state index in [0.29, 0.717) is 17.1 Å². The fourth-order valence-corrected chi connectivity index (χ4v) is 3.09. The Balaban J connectivity index is 1.94. The Morgan fingerprint density at radius 1 is 1.26 bits per heavy atom. The van der Waals surface area contributed by atoms with Crippen LogP contribution in [-0.2, 0) is 9.59 Å². The summed E-state index contributed by atoms with van der Waals surface area (Å²) in [7, 11) is 0. The molecule has 0 spiro atoms. The van der Waals surface area contributed by atoms with Gasteiger partial charge in [-0.25, -0.2) is 0 Å². The average molecular weight is 366 g/mol. The molecule has 0 fully saturated rings. The van der Waals surface area contributed by atoms with Crippen molar-refractivity contribution in [1.29, 1.82) is 0 Å². The summed E-state index contributed by atoms with van der Waals surface area (Å²) in [4.78, 5) is 46.5. The maximum atomic E-state index is 12.8. The Hall–Kier alpha value is -2.96. The van der Waals surface area contributed by atoms with Crippen molar-refractivity contribution in [2.24, 2.45) is 15.6 Å². The lowest BCUT2D eigenvalue weighted by Crippen LogP contribution is -2.42. The number of hydrogen-bond acceptors (Lipinski definition) is 6. The highest BCUT2D eigenvalue weighted by atomic mass is 16.3. The molecule has 2 heterocycles. The maximum absolute atomic E-state index is 12.8. The smallest absolute Gasteiger partial charge is 0.249 e. The molecule has 0 unspecified atom stereocenters. The number of amides is 1. The molecule has 1 aromatic heterocycles. The third-order valence-electron chi connectivity index (χ3n) is 4.77. The number of fused-ring (bicyclic) bond motifs is 1. The summed E-state index contributed by atoms with van der Waals surface area (Å²) in [5, 5.41) is 2.86. The molecule has 2 aliphatic rings. The number of pyridine rings is 1. The third-order valence-corrected chi connectivity index (χ3v) is 4.77. The van der Waals surface area contributed by atoms with Gasteiger partial charge in [0.25, 0.3) is 0 Å². The first-order chi connectivity index (χ1) is 12.9. The Morgan fingerprint density at radius 2 is 2.04 bits per heavy atom. The predicted octanol–water partition coefficient (Wildman–Crippen LogP) is 2.68. The fraction of sp³-hybridized carbons (Fsp3) is 0.400. The molecule has 27 heavy (non-hydrogen) atoms. The fourth-order valence-electron chi connectivity index (χ4n) is 3.09. The van der Waals surface area contributed by atoms with Crippen molar-refractivity contribution in [1.82, 2.24) is 9.88 Å². The lowest BCUT2D eigenvalue weighted by atomic mass is 9.87. The molecule has 140 valence electrons. The maximum Gasteiger partial charge on any atom is 0.249 e.